The summed E-state index contributed by atoms with van der Waals surface area (Å²) in [4.78, 5) is 17.2. The fraction of sp³-hybridized carbons (Fsp3) is 0.435. The molecule has 0 radical (unpaired) electrons. The molecule has 1 aliphatic rings. The zero-order chi connectivity index (χ0) is 20.1. The van der Waals surface area contributed by atoms with Crippen LogP contribution >= 0.6 is 0 Å². The second-order valence-corrected chi connectivity index (χ2v) is 7.53. The number of benzene rings is 2. The van der Waals surface area contributed by atoms with Gasteiger partial charge in [0.05, 0.1) is 0 Å². The molecule has 1 heterocycles. The van der Waals surface area contributed by atoms with Gasteiger partial charge in [0.1, 0.15) is 5.75 Å². The Kier molecular flexibility index (Phi) is 6.57. The Labute approximate surface area is 168 Å². The Bertz CT molecular complexity index is 827. The molecule has 5 nitrogen and oxygen atoms in total. The molecule has 0 bridgehead atoms. The van der Waals surface area contributed by atoms with Crippen molar-refractivity contribution in [3.8, 4) is 5.75 Å². The maximum atomic E-state index is 12.3. The minimum atomic E-state index is -0.146. The Hall–Kier alpha value is -2.53. The van der Waals surface area contributed by atoms with Crippen LogP contribution in [0.15, 0.2) is 36.4 Å². The minimum absolute atomic E-state index is 0.00404. The molecule has 1 amide bonds. The lowest BCUT2D eigenvalue weighted by Crippen LogP contribution is -2.46. The van der Waals surface area contributed by atoms with Crippen LogP contribution < -0.4 is 15.0 Å². The van der Waals surface area contributed by atoms with Crippen LogP contribution in [0, 0.1) is 20.8 Å². The van der Waals surface area contributed by atoms with Crippen molar-refractivity contribution in [1.82, 2.24) is 4.90 Å². The molecule has 0 aliphatic carbocycles. The number of hydrogen-bond acceptors (Lipinski definition) is 4. The van der Waals surface area contributed by atoms with E-state index < -0.39 is 0 Å². The maximum absolute atomic E-state index is 12.3. The number of rotatable bonds is 6. The van der Waals surface area contributed by atoms with Gasteiger partial charge in [0.2, 0.25) is 0 Å². The molecule has 28 heavy (non-hydrogen) atoms. The summed E-state index contributed by atoms with van der Waals surface area (Å²) in [5, 5.41) is 2.97. The summed E-state index contributed by atoms with van der Waals surface area (Å²) in [6, 6.07) is 12.2. The van der Waals surface area contributed by atoms with Gasteiger partial charge in [0.15, 0.2) is 6.61 Å². The van der Waals surface area contributed by atoms with Crippen LogP contribution in [0.4, 0.5) is 11.4 Å². The number of hydrogen-bond donors (Lipinski definition) is 1. The van der Waals surface area contributed by atoms with Crippen LogP contribution in [0.2, 0.25) is 0 Å². The monoisotopic (exact) mass is 381 g/mol. The number of aryl methyl sites for hydroxylation is 3. The Balaban J connectivity index is 1.56. The van der Waals surface area contributed by atoms with E-state index in [1.165, 1.54) is 11.3 Å². The molecule has 3 rings (SSSR count). The molecular weight excluding hydrogens is 350 g/mol. The molecule has 0 unspecified atom stereocenters. The summed E-state index contributed by atoms with van der Waals surface area (Å²) in [6.45, 7) is 13.7. The summed E-state index contributed by atoms with van der Waals surface area (Å²) < 4.78 is 5.68. The molecule has 0 saturated carbocycles. The lowest BCUT2D eigenvalue weighted by molar-refractivity contribution is -0.118. The third-order valence-electron chi connectivity index (χ3n) is 5.36. The zero-order valence-electron chi connectivity index (χ0n) is 17.4. The van der Waals surface area contributed by atoms with Gasteiger partial charge in [0.25, 0.3) is 5.91 Å². The number of piperazine rings is 1. The van der Waals surface area contributed by atoms with Gasteiger partial charge in [-0.2, -0.15) is 0 Å². The van der Waals surface area contributed by atoms with E-state index in [-0.39, 0.29) is 12.5 Å². The van der Waals surface area contributed by atoms with Gasteiger partial charge in [0, 0.05) is 37.6 Å². The van der Waals surface area contributed by atoms with Gasteiger partial charge < -0.3 is 19.9 Å². The largest absolute Gasteiger partial charge is 0.483 e. The van der Waals surface area contributed by atoms with E-state index in [9.17, 15) is 4.79 Å². The van der Waals surface area contributed by atoms with Crippen molar-refractivity contribution in [2.45, 2.75) is 27.7 Å². The summed E-state index contributed by atoms with van der Waals surface area (Å²) in [7, 11) is 0. The molecule has 0 aromatic heterocycles. The van der Waals surface area contributed by atoms with Crippen LogP contribution in [0.1, 0.15) is 23.6 Å². The van der Waals surface area contributed by atoms with E-state index >= 15 is 0 Å². The maximum Gasteiger partial charge on any atom is 0.262 e. The summed E-state index contributed by atoms with van der Waals surface area (Å²) in [5.41, 5.74) is 5.34. The van der Waals surface area contributed by atoms with Crippen LogP contribution in [0.25, 0.3) is 0 Å². The number of nitrogens with one attached hydrogen (secondary N) is 1. The fourth-order valence-electron chi connectivity index (χ4n) is 3.60. The third kappa shape index (κ3) is 5.04. The van der Waals surface area contributed by atoms with Crippen molar-refractivity contribution in [2.24, 2.45) is 0 Å². The van der Waals surface area contributed by atoms with Gasteiger partial charge in [-0.25, -0.2) is 0 Å². The lowest BCUT2D eigenvalue weighted by atomic mass is 10.1. The first-order chi connectivity index (χ1) is 13.5. The quantitative estimate of drug-likeness (QED) is 0.827. The van der Waals surface area contributed by atoms with E-state index in [1.807, 2.05) is 39.0 Å². The number of carbonyl (C=O) groups excluding carboxylic acids is 1. The van der Waals surface area contributed by atoms with Gasteiger partial charge in [-0.3, -0.25) is 4.79 Å². The molecule has 0 atom stereocenters. The van der Waals surface area contributed by atoms with Gasteiger partial charge in [-0.1, -0.05) is 24.6 Å². The standard InChI is InChI=1S/C23H31N3O2/c1-5-25-10-12-26(13-11-25)20-7-8-21(18(3)15-20)24-23(27)16-28-22-9-6-17(2)14-19(22)4/h6-9,14-15H,5,10-13,16H2,1-4H3,(H,24,27). The highest BCUT2D eigenvalue weighted by Gasteiger charge is 2.16. The predicted molar refractivity (Wildman–Crippen MR) is 116 cm³/mol. The number of ether oxygens (including phenoxy) is 1. The highest BCUT2D eigenvalue weighted by molar-refractivity contribution is 5.92. The van der Waals surface area contributed by atoms with Crippen LogP contribution in [0.5, 0.6) is 5.75 Å². The Morgan fingerprint density at radius 2 is 1.75 bits per heavy atom. The first-order valence-electron chi connectivity index (χ1n) is 10.0. The number of likely N-dealkylation sites (N-methyl/N-ethyl adjacent to an activating group) is 1. The molecule has 1 saturated heterocycles. The van der Waals surface area contributed by atoms with Crippen molar-refractivity contribution in [3.05, 3.63) is 53.1 Å². The number of amides is 1. The molecule has 5 heteroatoms. The second-order valence-electron chi connectivity index (χ2n) is 7.53. The molecule has 0 spiro atoms. The van der Waals surface area contributed by atoms with E-state index in [4.69, 9.17) is 4.74 Å². The van der Waals surface area contributed by atoms with Crippen molar-refractivity contribution in [2.75, 3.05) is 49.5 Å². The molecule has 1 N–H and O–H groups in total. The average molecular weight is 382 g/mol. The predicted octanol–water partition coefficient (Wildman–Crippen LogP) is 3.77. The zero-order valence-corrected chi connectivity index (χ0v) is 17.4. The van der Waals surface area contributed by atoms with E-state index in [2.05, 4.69) is 40.2 Å². The van der Waals surface area contributed by atoms with Crippen molar-refractivity contribution in [1.29, 1.82) is 0 Å². The van der Waals surface area contributed by atoms with E-state index in [0.717, 1.165) is 55.3 Å². The molecule has 1 aliphatic heterocycles. The fourth-order valence-corrected chi connectivity index (χ4v) is 3.60. The molecule has 2 aromatic carbocycles. The van der Waals surface area contributed by atoms with Gasteiger partial charge in [-0.05, 0) is 62.7 Å². The molecule has 1 fully saturated rings. The van der Waals surface area contributed by atoms with Crippen molar-refractivity contribution < 1.29 is 9.53 Å². The third-order valence-corrected chi connectivity index (χ3v) is 5.36. The highest BCUT2D eigenvalue weighted by atomic mass is 16.5. The van der Waals surface area contributed by atoms with E-state index in [0.29, 0.717) is 0 Å². The molecular formula is C23H31N3O2. The molecule has 150 valence electrons. The average Bonchev–Trinajstić information content (AvgIpc) is 2.69. The SMILES string of the molecule is CCN1CCN(c2ccc(NC(=O)COc3ccc(C)cc3C)c(C)c2)CC1. The summed E-state index contributed by atoms with van der Waals surface area (Å²) in [5.74, 6) is 0.603. The van der Waals surface area contributed by atoms with Crippen LogP contribution in [0.3, 0.4) is 0 Å². The number of nitrogens with zero attached hydrogens (tertiary/aromatic N) is 2. The first kappa shape index (κ1) is 20.2. The van der Waals surface area contributed by atoms with Gasteiger partial charge >= 0.3 is 0 Å². The molecule has 2 aromatic rings. The smallest absolute Gasteiger partial charge is 0.262 e. The Morgan fingerprint density at radius 1 is 1.00 bits per heavy atom. The second kappa shape index (κ2) is 9.11. The van der Waals surface area contributed by atoms with Crippen molar-refractivity contribution in [3.63, 3.8) is 0 Å². The summed E-state index contributed by atoms with van der Waals surface area (Å²) in [6.07, 6.45) is 0. The number of carbonyl (C=O) groups is 1. The topological polar surface area (TPSA) is 44.8 Å². The van der Waals surface area contributed by atoms with Crippen molar-refractivity contribution >= 4 is 17.3 Å². The number of anilines is 2. The van der Waals surface area contributed by atoms with Gasteiger partial charge in [-0.15, -0.1) is 0 Å². The minimum Gasteiger partial charge on any atom is -0.483 e. The van der Waals surface area contributed by atoms with Crippen LogP contribution in [-0.4, -0.2) is 50.1 Å². The first-order valence-corrected chi connectivity index (χ1v) is 10.0. The lowest BCUT2D eigenvalue weighted by Gasteiger charge is -2.35. The van der Waals surface area contributed by atoms with E-state index in [1.54, 1.807) is 0 Å². The summed E-state index contributed by atoms with van der Waals surface area (Å²) >= 11 is 0. The van der Waals surface area contributed by atoms with Crippen LogP contribution in [-0.2, 0) is 4.79 Å². The highest BCUT2D eigenvalue weighted by Crippen LogP contribution is 2.24. The normalized spacial score (nSPS) is 14.8. The Morgan fingerprint density at radius 3 is 2.39 bits per heavy atom.